The first-order chi connectivity index (χ1) is 10.7. The molecular weight excluding hydrogens is 318 g/mol. The molecule has 0 radical (unpaired) electrons. The van der Waals surface area contributed by atoms with Crippen LogP contribution in [0.1, 0.15) is 44.0 Å². The fourth-order valence-corrected chi connectivity index (χ4v) is 2.68. The third kappa shape index (κ3) is 4.38. The van der Waals surface area contributed by atoms with E-state index in [2.05, 4.69) is 10.4 Å². The number of nitrogens with zero attached hydrogens (tertiary/aromatic N) is 2. The largest absolute Gasteiger partial charge is 0.456 e. The number of thiophene rings is 1. The molecule has 8 heteroatoms. The van der Waals surface area contributed by atoms with Crippen LogP contribution >= 0.6 is 11.3 Å². The van der Waals surface area contributed by atoms with Crippen LogP contribution in [-0.4, -0.2) is 41.2 Å². The molecule has 1 aliphatic rings. The number of rotatable bonds is 3. The number of nitrogens with one attached hydrogen (secondary N) is 1. The first-order valence-electron chi connectivity index (χ1n) is 7.13. The van der Waals surface area contributed by atoms with Gasteiger partial charge in [-0.1, -0.05) is 0 Å². The molecule has 0 aromatic carbocycles. The number of anilines is 1. The third-order valence-corrected chi connectivity index (χ3v) is 3.81. The third-order valence-electron chi connectivity index (χ3n) is 2.98. The van der Waals surface area contributed by atoms with Gasteiger partial charge in [0.2, 0.25) is 5.91 Å². The number of amides is 2. The molecule has 0 saturated heterocycles. The van der Waals surface area contributed by atoms with Gasteiger partial charge in [0, 0.05) is 19.9 Å². The normalized spacial score (nSPS) is 15.2. The van der Waals surface area contributed by atoms with Crippen LogP contribution in [-0.2, 0) is 14.3 Å². The fourth-order valence-electron chi connectivity index (χ4n) is 1.91. The van der Waals surface area contributed by atoms with Crippen molar-refractivity contribution in [1.82, 2.24) is 5.01 Å². The Hall–Kier alpha value is -2.22. The molecular formula is C15H19N3O4S. The second-order valence-corrected chi connectivity index (χ2v) is 7.00. The molecule has 1 aromatic rings. The van der Waals surface area contributed by atoms with Crippen LogP contribution in [0, 0.1) is 0 Å². The fraction of sp³-hybridized carbons (Fsp3) is 0.467. The van der Waals surface area contributed by atoms with Gasteiger partial charge in [-0.15, -0.1) is 11.3 Å². The molecule has 0 atom stereocenters. The quantitative estimate of drug-likeness (QED) is 0.857. The predicted molar refractivity (Wildman–Crippen MR) is 87.6 cm³/mol. The van der Waals surface area contributed by atoms with Gasteiger partial charge in [0.15, 0.2) is 0 Å². The standard InChI is InChI=1S/C15H19N3O4S/c1-15(2,3)22-14(21)9-7-8-23-13(9)16-12(20)10-5-6-11(19)18(4)17-10/h7-8H,5-6H2,1-4H3,(H,16,20). The zero-order valence-electron chi connectivity index (χ0n) is 13.5. The van der Waals surface area contributed by atoms with Gasteiger partial charge in [-0.25, -0.2) is 9.80 Å². The van der Waals surface area contributed by atoms with Crippen LogP contribution < -0.4 is 5.32 Å². The molecule has 0 fully saturated rings. The second kappa shape index (κ2) is 6.49. The van der Waals surface area contributed by atoms with Crippen molar-refractivity contribution in [2.45, 2.75) is 39.2 Å². The van der Waals surface area contributed by atoms with Crippen LogP contribution in [0.3, 0.4) is 0 Å². The lowest BCUT2D eigenvalue weighted by Gasteiger charge is -2.20. The maximum atomic E-state index is 12.3. The molecule has 0 aliphatic carbocycles. The Balaban J connectivity index is 2.11. The molecule has 0 spiro atoms. The number of hydrazone groups is 1. The Bertz CT molecular complexity index is 673. The zero-order chi connectivity index (χ0) is 17.2. The van der Waals surface area contributed by atoms with Crippen LogP contribution in [0.5, 0.6) is 0 Å². The van der Waals surface area contributed by atoms with Gasteiger partial charge in [0.05, 0.1) is 5.56 Å². The monoisotopic (exact) mass is 337 g/mol. The van der Waals surface area contributed by atoms with Crippen molar-refractivity contribution < 1.29 is 19.1 Å². The molecule has 2 rings (SSSR count). The molecule has 0 unspecified atom stereocenters. The summed E-state index contributed by atoms with van der Waals surface area (Å²) in [5.74, 6) is -1.05. The summed E-state index contributed by atoms with van der Waals surface area (Å²) in [4.78, 5) is 35.8. The Morgan fingerprint density at radius 3 is 2.65 bits per heavy atom. The second-order valence-electron chi connectivity index (χ2n) is 6.08. The maximum absolute atomic E-state index is 12.3. The number of hydrogen-bond acceptors (Lipinski definition) is 6. The van der Waals surface area contributed by atoms with E-state index in [-0.39, 0.29) is 24.5 Å². The molecule has 0 saturated carbocycles. The van der Waals surface area contributed by atoms with E-state index < -0.39 is 17.5 Å². The van der Waals surface area contributed by atoms with E-state index in [9.17, 15) is 14.4 Å². The summed E-state index contributed by atoms with van der Waals surface area (Å²) in [6, 6.07) is 1.60. The molecule has 1 aliphatic heterocycles. The topological polar surface area (TPSA) is 88.1 Å². The summed E-state index contributed by atoms with van der Waals surface area (Å²) in [5, 5.41) is 9.89. The lowest BCUT2D eigenvalue weighted by atomic mass is 10.1. The summed E-state index contributed by atoms with van der Waals surface area (Å²) in [6.07, 6.45) is 0.522. The summed E-state index contributed by atoms with van der Waals surface area (Å²) in [6.45, 7) is 5.33. The summed E-state index contributed by atoms with van der Waals surface area (Å²) >= 11 is 1.23. The summed E-state index contributed by atoms with van der Waals surface area (Å²) in [7, 11) is 1.51. The molecule has 2 amide bonds. The highest BCUT2D eigenvalue weighted by Crippen LogP contribution is 2.26. The van der Waals surface area contributed by atoms with Gasteiger partial charge < -0.3 is 10.1 Å². The van der Waals surface area contributed by atoms with Crippen LogP contribution in [0.4, 0.5) is 5.00 Å². The summed E-state index contributed by atoms with van der Waals surface area (Å²) in [5.41, 5.74) is -0.0497. The van der Waals surface area contributed by atoms with E-state index >= 15 is 0 Å². The zero-order valence-corrected chi connectivity index (χ0v) is 14.3. The van der Waals surface area contributed by atoms with Gasteiger partial charge in [0.25, 0.3) is 5.91 Å². The Morgan fingerprint density at radius 1 is 1.35 bits per heavy atom. The molecule has 1 N–H and O–H groups in total. The Kier molecular flexibility index (Phi) is 4.84. The number of esters is 1. The minimum absolute atomic E-state index is 0.132. The number of carbonyl (C=O) groups is 3. The molecule has 7 nitrogen and oxygen atoms in total. The van der Waals surface area contributed by atoms with E-state index in [0.717, 1.165) is 5.01 Å². The molecule has 2 heterocycles. The van der Waals surface area contributed by atoms with Gasteiger partial charge in [-0.3, -0.25) is 9.59 Å². The van der Waals surface area contributed by atoms with Gasteiger partial charge in [-0.05, 0) is 32.2 Å². The van der Waals surface area contributed by atoms with E-state index in [4.69, 9.17) is 4.74 Å². The number of ether oxygens (including phenoxy) is 1. The average molecular weight is 337 g/mol. The van der Waals surface area contributed by atoms with Crippen molar-refractivity contribution in [3.8, 4) is 0 Å². The maximum Gasteiger partial charge on any atom is 0.341 e. The van der Waals surface area contributed by atoms with Crippen molar-refractivity contribution in [1.29, 1.82) is 0 Å². The van der Waals surface area contributed by atoms with Crippen LogP contribution in [0.25, 0.3) is 0 Å². The van der Waals surface area contributed by atoms with E-state index in [1.807, 2.05) is 0 Å². The molecule has 23 heavy (non-hydrogen) atoms. The van der Waals surface area contributed by atoms with E-state index in [1.54, 1.807) is 32.2 Å². The lowest BCUT2D eigenvalue weighted by molar-refractivity contribution is -0.130. The molecule has 1 aromatic heterocycles. The van der Waals surface area contributed by atoms with Crippen molar-refractivity contribution in [2.24, 2.45) is 5.10 Å². The van der Waals surface area contributed by atoms with Crippen molar-refractivity contribution in [2.75, 3.05) is 12.4 Å². The Labute approximate surface area is 138 Å². The van der Waals surface area contributed by atoms with E-state index in [1.165, 1.54) is 18.4 Å². The summed E-state index contributed by atoms with van der Waals surface area (Å²) < 4.78 is 5.31. The minimum Gasteiger partial charge on any atom is -0.456 e. The number of hydrogen-bond donors (Lipinski definition) is 1. The first kappa shape index (κ1) is 17.1. The van der Waals surface area contributed by atoms with Crippen molar-refractivity contribution in [3.63, 3.8) is 0 Å². The van der Waals surface area contributed by atoms with Gasteiger partial charge in [0.1, 0.15) is 16.3 Å². The van der Waals surface area contributed by atoms with Crippen LogP contribution in [0.15, 0.2) is 16.5 Å². The Morgan fingerprint density at radius 2 is 2.04 bits per heavy atom. The SMILES string of the molecule is CN1N=C(C(=O)Nc2sccc2C(=O)OC(C)(C)C)CCC1=O. The van der Waals surface area contributed by atoms with Crippen molar-refractivity contribution >= 4 is 39.8 Å². The molecule has 124 valence electrons. The smallest absolute Gasteiger partial charge is 0.341 e. The number of carbonyl (C=O) groups excluding carboxylic acids is 3. The lowest BCUT2D eigenvalue weighted by Crippen LogP contribution is -2.34. The van der Waals surface area contributed by atoms with Crippen LogP contribution in [0.2, 0.25) is 0 Å². The highest BCUT2D eigenvalue weighted by atomic mass is 32.1. The van der Waals surface area contributed by atoms with Gasteiger partial charge >= 0.3 is 5.97 Å². The minimum atomic E-state index is -0.614. The van der Waals surface area contributed by atoms with Gasteiger partial charge in [-0.2, -0.15) is 5.10 Å². The van der Waals surface area contributed by atoms with E-state index in [0.29, 0.717) is 10.6 Å². The average Bonchev–Trinajstić information content (AvgIpc) is 2.88. The highest BCUT2D eigenvalue weighted by molar-refractivity contribution is 7.14. The van der Waals surface area contributed by atoms with Crippen molar-refractivity contribution in [3.05, 3.63) is 17.0 Å². The predicted octanol–water partition coefficient (Wildman–Crippen LogP) is 2.25. The molecule has 0 bridgehead atoms. The highest BCUT2D eigenvalue weighted by Gasteiger charge is 2.25. The first-order valence-corrected chi connectivity index (χ1v) is 8.01.